The normalized spacial score (nSPS) is 12.3. The number of pyridine rings is 2. The summed E-state index contributed by atoms with van der Waals surface area (Å²) >= 11 is 0. The molecule has 4 heterocycles. The van der Waals surface area contributed by atoms with E-state index in [0.29, 0.717) is 33.3 Å². The van der Waals surface area contributed by atoms with E-state index in [-0.39, 0.29) is 34.3 Å². The summed E-state index contributed by atoms with van der Waals surface area (Å²) in [7, 11) is 0. The van der Waals surface area contributed by atoms with Crippen LogP contribution in [0.4, 0.5) is 26.3 Å². The number of aromatic nitrogens is 6. The molecule has 14 heteroatoms. The lowest BCUT2D eigenvalue weighted by molar-refractivity contribution is -0.138. The summed E-state index contributed by atoms with van der Waals surface area (Å²) in [5.74, 6) is 0.333. The van der Waals surface area contributed by atoms with Crippen molar-refractivity contribution >= 4 is 21.8 Å². The molecule has 0 atom stereocenters. The Bertz CT molecular complexity index is 2040. The van der Waals surface area contributed by atoms with Crippen LogP contribution in [0.1, 0.15) is 11.1 Å². The maximum atomic E-state index is 13.2. The van der Waals surface area contributed by atoms with E-state index in [1.165, 1.54) is 36.7 Å². The maximum Gasteiger partial charge on any atom is 0.416 e. The number of rotatable bonds is 4. The molecule has 0 spiro atoms. The molecule has 4 aromatic heterocycles. The Balaban J connectivity index is 1.16. The van der Waals surface area contributed by atoms with Crippen LogP contribution < -0.4 is 0 Å². The van der Waals surface area contributed by atoms with Gasteiger partial charge in [0.05, 0.1) is 33.3 Å². The Labute approximate surface area is 242 Å². The van der Waals surface area contributed by atoms with E-state index in [1.54, 1.807) is 24.3 Å². The molecule has 0 aliphatic carbocycles. The fourth-order valence-electron chi connectivity index (χ4n) is 4.55. The molecule has 0 radical (unpaired) electrons. The molecular weight excluding hydrogens is 590 g/mol. The van der Waals surface area contributed by atoms with E-state index in [1.807, 2.05) is 0 Å². The summed E-state index contributed by atoms with van der Waals surface area (Å²) in [5, 5.41) is 16.7. The third kappa shape index (κ3) is 5.10. The SMILES string of the molecule is FC(F)(F)c1ccc2ncc(-c3nnc(-c4cccc(-c5nnc(-c6cnc7ccc(C(F)(F)F)cc7c6)o5)c4)o3)cc2c1. The van der Waals surface area contributed by atoms with Crippen molar-refractivity contribution in [2.75, 3.05) is 0 Å². The lowest BCUT2D eigenvalue weighted by Gasteiger charge is -2.07. The molecular formula is C30H14F6N6O2. The van der Waals surface area contributed by atoms with Gasteiger partial charge in [-0.05, 0) is 66.7 Å². The van der Waals surface area contributed by atoms with Gasteiger partial charge in [0.15, 0.2) is 0 Å². The molecule has 0 saturated heterocycles. The van der Waals surface area contributed by atoms with Crippen molar-refractivity contribution in [3.05, 3.63) is 96.3 Å². The molecule has 0 N–H and O–H groups in total. The van der Waals surface area contributed by atoms with Crippen LogP contribution in [0.5, 0.6) is 0 Å². The first-order valence-corrected chi connectivity index (χ1v) is 12.7. The number of nitrogens with zero attached hydrogens (tertiary/aromatic N) is 6. The van der Waals surface area contributed by atoms with E-state index in [2.05, 4.69) is 30.4 Å². The molecule has 0 aliphatic heterocycles. The molecule has 0 amide bonds. The van der Waals surface area contributed by atoms with Crippen molar-refractivity contribution < 1.29 is 35.2 Å². The third-order valence-electron chi connectivity index (χ3n) is 6.72. The number of hydrogen-bond donors (Lipinski definition) is 0. The average molecular weight is 604 g/mol. The van der Waals surface area contributed by atoms with Crippen LogP contribution in [-0.2, 0) is 12.4 Å². The van der Waals surface area contributed by atoms with Crippen LogP contribution in [-0.4, -0.2) is 30.4 Å². The molecule has 8 nitrogen and oxygen atoms in total. The summed E-state index contributed by atoms with van der Waals surface area (Å²) in [6.07, 6.45) is -6.15. The molecule has 218 valence electrons. The zero-order chi connectivity index (χ0) is 30.6. The maximum absolute atomic E-state index is 13.2. The van der Waals surface area contributed by atoms with Crippen LogP contribution in [0, 0.1) is 0 Å². The zero-order valence-electron chi connectivity index (χ0n) is 21.9. The van der Waals surface area contributed by atoms with Gasteiger partial charge in [-0.2, -0.15) is 26.3 Å². The third-order valence-corrected chi connectivity index (χ3v) is 6.72. The van der Waals surface area contributed by atoms with Crippen LogP contribution >= 0.6 is 0 Å². The summed E-state index contributed by atoms with van der Waals surface area (Å²) in [6.45, 7) is 0. The lowest BCUT2D eigenvalue weighted by atomic mass is 10.1. The highest BCUT2D eigenvalue weighted by Crippen LogP contribution is 2.35. The van der Waals surface area contributed by atoms with Crippen molar-refractivity contribution in [2.24, 2.45) is 0 Å². The van der Waals surface area contributed by atoms with Gasteiger partial charge in [0, 0.05) is 34.3 Å². The van der Waals surface area contributed by atoms with E-state index in [9.17, 15) is 26.3 Å². The monoisotopic (exact) mass is 604 g/mol. The van der Waals surface area contributed by atoms with Crippen molar-refractivity contribution in [3.8, 4) is 45.8 Å². The minimum absolute atomic E-state index is 0.0507. The van der Waals surface area contributed by atoms with E-state index in [4.69, 9.17) is 8.83 Å². The molecule has 3 aromatic carbocycles. The Kier molecular flexibility index (Phi) is 6.16. The Hall–Kier alpha value is -5.66. The molecule has 7 rings (SSSR count). The molecule has 0 fully saturated rings. The second-order valence-corrected chi connectivity index (χ2v) is 9.66. The second-order valence-electron chi connectivity index (χ2n) is 9.66. The largest absolute Gasteiger partial charge is 0.416 e. The van der Waals surface area contributed by atoms with E-state index in [0.717, 1.165) is 24.3 Å². The van der Waals surface area contributed by atoms with Gasteiger partial charge in [-0.15, -0.1) is 20.4 Å². The highest BCUT2D eigenvalue weighted by atomic mass is 19.4. The van der Waals surface area contributed by atoms with E-state index < -0.39 is 23.5 Å². The van der Waals surface area contributed by atoms with E-state index >= 15 is 0 Å². The fraction of sp³-hybridized carbons (Fsp3) is 0.0667. The quantitative estimate of drug-likeness (QED) is 0.185. The van der Waals surface area contributed by atoms with Gasteiger partial charge in [0.1, 0.15) is 0 Å². The van der Waals surface area contributed by atoms with Gasteiger partial charge in [-0.1, -0.05) is 6.07 Å². The topological polar surface area (TPSA) is 104 Å². The smallest absolute Gasteiger partial charge is 0.416 e. The van der Waals surface area contributed by atoms with Crippen molar-refractivity contribution in [2.45, 2.75) is 12.4 Å². The van der Waals surface area contributed by atoms with Crippen LogP contribution in [0.3, 0.4) is 0 Å². The molecule has 0 bridgehead atoms. The van der Waals surface area contributed by atoms with Gasteiger partial charge < -0.3 is 8.83 Å². The minimum Gasteiger partial charge on any atom is -0.416 e. The molecule has 44 heavy (non-hydrogen) atoms. The summed E-state index contributed by atoms with van der Waals surface area (Å²) in [4.78, 5) is 8.40. The molecule has 0 saturated carbocycles. The highest BCUT2D eigenvalue weighted by Gasteiger charge is 2.31. The van der Waals surface area contributed by atoms with Gasteiger partial charge in [-0.3, -0.25) is 9.97 Å². The van der Waals surface area contributed by atoms with Crippen LogP contribution in [0.25, 0.3) is 67.6 Å². The second kappa shape index (κ2) is 9.97. The summed E-state index contributed by atoms with van der Waals surface area (Å²) < 4.78 is 90.6. The van der Waals surface area contributed by atoms with Crippen LogP contribution in [0.2, 0.25) is 0 Å². The van der Waals surface area contributed by atoms with Gasteiger partial charge >= 0.3 is 12.4 Å². The van der Waals surface area contributed by atoms with Crippen molar-refractivity contribution in [3.63, 3.8) is 0 Å². The number of hydrogen-bond acceptors (Lipinski definition) is 8. The average Bonchev–Trinajstić information content (AvgIpc) is 3.70. The predicted octanol–water partition coefficient (Wildman–Crippen LogP) is 8.25. The Morgan fingerprint density at radius 3 is 1.27 bits per heavy atom. The highest BCUT2D eigenvalue weighted by molar-refractivity contribution is 5.84. The standard InChI is InChI=1S/C30H14F6N6O2/c31-29(32,33)21-4-6-23-17(11-21)9-19(13-37-23)27-41-39-25(43-27)15-2-1-3-16(8-15)26-40-42-28(44-26)20-10-18-12-22(30(34,35)36)5-7-24(18)38-14-20/h1-14H. The van der Waals surface area contributed by atoms with Gasteiger partial charge in [-0.25, -0.2) is 0 Å². The van der Waals surface area contributed by atoms with Crippen molar-refractivity contribution in [1.82, 2.24) is 30.4 Å². The predicted molar refractivity (Wildman–Crippen MR) is 145 cm³/mol. The first kappa shape index (κ1) is 27.2. The molecule has 0 aliphatic rings. The number of alkyl halides is 6. The molecule has 0 unspecified atom stereocenters. The van der Waals surface area contributed by atoms with Gasteiger partial charge in [0.2, 0.25) is 23.6 Å². The first-order valence-electron chi connectivity index (χ1n) is 12.7. The van der Waals surface area contributed by atoms with Gasteiger partial charge in [0.25, 0.3) is 0 Å². The fourth-order valence-corrected chi connectivity index (χ4v) is 4.55. The molecule has 7 aromatic rings. The number of fused-ring (bicyclic) bond motifs is 2. The summed E-state index contributed by atoms with van der Waals surface area (Å²) in [6, 6.07) is 16.2. The van der Waals surface area contributed by atoms with Crippen molar-refractivity contribution in [1.29, 1.82) is 0 Å². The first-order chi connectivity index (χ1) is 21.0. The Morgan fingerprint density at radius 1 is 0.455 bits per heavy atom. The number of benzene rings is 3. The minimum atomic E-state index is -4.50. The summed E-state index contributed by atoms with van der Waals surface area (Å²) in [5.41, 5.74) is 0.783. The zero-order valence-corrected chi connectivity index (χ0v) is 21.9. The lowest BCUT2D eigenvalue weighted by Crippen LogP contribution is -2.04. The van der Waals surface area contributed by atoms with Crippen LogP contribution in [0.15, 0.2) is 94.0 Å². The Morgan fingerprint density at radius 2 is 0.864 bits per heavy atom. The number of halogens is 6.